The molecule has 0 aromatic heterocycles. The Labute approximate surface area is 118 Å². The fourth-order valence-electron chi connectivity index (χ4n) is 2.08. The smallest absolute Gasteiger partial charge is 0.207 e. The number of halogens is 1. The van der Waals surface area contributed by atoms with E-state index in [4.69, 9.17) is 10.7 Å². The lowest BCUT2D eigenvalue weighted by molar-refractivity contribution is 0.609. The molecule has 0 saturated carbocycles. The lowest BCUT2D eigenvalue weighted by Gasteiger charge is -2.10. The van der Waals surface area contributed by atoms with Crippen LogP contribution in [0.5, 0.6) is 0 Å². The Morgan fingerprint density at radius 2 is 1.53 bits per heavy atom. The third-order valence-corrected chi connectivity index (χ3v) is 4.62. The zero-order valence-electron chi connectivity index (χ0n) is 11.1. The van der Waals surface area contributed by atoms with Crippen molar-refractivity contribution >= 4 is 19.7 Å². The average molecular weight is 295 g/mol. The normalized spacial score (nSPS) is 11.6. The van der Waals surface area contributed by atoms with E-state index in [9.17, 15) is 8.42 Å². The quantitative estimate of drug-likeness (QED) is 0.778. The van der Waals surface area contributed by atoms with Gasteiger partial charge >= 0.3 is 0 Å². The van der Waals surface area contributed by atoms with Gasteiger partial charge in [0.15, 0.2) is 0 Å². The lowest BCUT2D eigenvalue weighted by atomic mass is 9.98. The van der Waals surface area contributed by atoms with E-state index in [0.717, 1.165) is 22.3 Å². The molecule has 0 radical (unpaired) electrons. The molecule has 0 amide bonds. The third kappa shape index (κ3) is 2.99. The van der Waals surface area contributed by atoms with Gasteiger partial charge in [0.25, 0.3) is 9.05 Å². The van der Waals surface area contributed by atoms with Crippen LogP contribution < -0.4 is 0 Å². The van der Waals surface area contributed by atoms with Gasteiger partial charge in [-0.3, -0.25) is 0 Å². The third-order valence-electron chi connectivity index (χ3n) is 3.15. The van der Waals surface area contributed by atoms with Crippen LogP contribution in [0.4, 0.5) is 0 Å². The molecule has 0 saturated heterocycles. The summed E-state index contributed by atoms with van der Waals surface area (Å²) in [7, 11) is 1.75. The van der Waals surface area contributed by atoms with E-state index in [1.807, 2.05) is 38.1 Å². The van der Waals surface area contributed by atoms with Gasteiger partial charge < -0.3 is 0 Å². The summed E-state index contributed by atoms with van der Waals surface area (Å²) in [5.41, 5.74) is 4.79. The zero-order valence-corrected chi connectivity index (χ0v) is 12.6. The van der Waals surface area contributed by atoms with Crippen LogP contribution in [-0.2, 0) is 9.05 Å². The van der Waals surface area contributed by atoms with E-state index in [1.165, 1.54) is 0 Å². The molecule has 0 unspecified atom stereocenters. The highest BCUT2D eigenvalue weighted by molar-refractivity contribution is 8.13. The maximum Gasteiger partial charge on any atom is 0.261 e. The van der Waals surface area contributed by atoms with Gasteiger partial charge in [-0.05, 0) is 49.1 Å². The maximum absolute atomic E-state index is 11.6. The van der Waals surface area contributed by atoms with Crippen molar-refractivity contribution in [1.29, 1.82) is 0 Å². The molecular formula is C15H15ClO2S. The lowest BCUT2D eigenvalue weighted by Crippen LogP contribution is -1.95. The van der Waals surface area contributed by atoms with Crippen LogP contribution in [0.1, 0.15) is 16.7 Å². The van der Waals surface area contributed by atoms with Gasteiger partial charge in [-0.25, -0.2) is 8.42 Å². The fraction of sp³-hybridized carbons (Fsp3) is 0.200. The first-order valence-corrected chi connectivity index (χ1v) is 8.23. The van der Waals surface area contributed by atoms with E-state index in [0.29, 0.717) is 5.56 Å². The molecule has 0 atom stereocenters. The average Bonchev–Trinajstić information content (AvgIpc) is 2.31. The van der Waals surface area contributed by atoms with Crippen molar-refractivity contribution in [3.8, 4) is 11.1 Å². The summed E-state index contributed by atoms with van der Waals surface area (Å²) in [4.78, 5) is 0.174. The summed E-state index contributed by atoms with van der Waals surface area (Å²) < 4.78 is 23.1. The predicted octanol–water partition coefficient (Wildman–Crippen LogP) is 4.21. The highest BCUT2D eigenvalue weighted by atomic mass is 35.7. The fourth-order valence-corrected chi connectivity index (χ4v) is 3.30. The summed E-state index contributed by atoms with van der Waals surface area (Å²) >= 11 is 0. The van der Waals surface area contributed by atoms with Crippen molar-refractivity contribution in [3.63, 3.8) is 0 Å². The molecule has 2 aromatic carbocycles. The van der Waals surface area contributed by atoms with Crippen LogP contribution in [0, 0.1) is 20.8 Å². The SMILES string of the molecule is Cc1ccc(C)c(-c2ccc(C)c(S(=O)(=O)Cl)c2)c1. The minimum Gasteiger partial charge on any atom is -0.207 e. The molecule has 2 rings (SSSR count). The van der Waals surface area contributed by atoms with Gasteiger partial charge in [0.1, 0.15) is 0 Å². The van der Waals surface area contributed by atoms with Gasteiger partial charge in [0.2, 0.25) is 0 Å². The topological polar surface area (TPSA) is 34.1 Å². The van der Waals surface area contributed by atoms with Crippen LogP contribution in [0.3, 0.4) is 0 Å². The Bertz CT molecular complexity index is 734. The Morgan fingerprint density at radius 1 is 0.895 bits per heavy atom. The highest BCUT2D eigenvalue weighted by Crippen LogP contribution is 2.29. The van der Waals surface area contributed by atoms with Crippen molar-refractivity contribution < 1.29 is 8.42 Å². The summed E-state index contributed by atoms with van der Waals surface area (Å²) in [5, 5.41) is 0. The first-order valence-electron chi connectivity index (χ1n) is 5.92. The summed E-state index contributed by atoms with van der Waals surface area (Å²) in [5.74, 6) is 0. The molecule has 0 aliphatic carbocycles. The first-order chi connectivity index (χ1) is 8.79. The first kappa shape index (κ1) is 14.1. The van der Waals surface area contributed by atoms with Crippen molar-refractivity contribution in [3.05, 3.63) is 53.1 Å². The standard InChI is InChI=1S/C15H15ClO2S/c1-10-4-5-11(2)14(8-10)13-7-6-12(3)15(9-13)19(16,17)18/h4-9H,1-3H3. The molecular weight excluding hydrogens is 280 g/mol. The zero-order chi connectivity index (χ0) is 14.2. The number of benzene rings is 2. The van der Waals surface area contributed by atoms with Gasteiger partial charge in [-0.15, -0.1) is 0 Å². The molecule has 0 N–H and O–H groups in total. The van der Waals surface area contributed by atoms with E-state index >= 15 is 0 Å². The van der Waals surface area contributed by atoms with Crippen molar-refractivity contribution in [2.45, 2.75) is 25.7 Å². The minimum atomic E-state index is -3.71. The molecule has 100 valence electrons. The number of aryl methyl sites for hydroxylation is 3. The minimum absolute atomic E-state index is 0.174. The Hall–Kier alpha value is -1.32. The largest absolute Gasteiger partial charge is 0.261 e. The van der Waals surface area contributed by atoms with Crippen LogP contribution in [0.15, 0.2) is 41.3 Å². The van der Waals surface area contributed by atoms with Gasteiger partial charge in [-0.1, -0.05) is 35.9 Å². The Balaban J connectivity index is 2.68. The van der Waals surface area contributed by atoms with Crippen molar-refractivity contribution in [2.24, 2.45) is 0 Å². The molecule has 2 nitrogen and oxygen atoms in total. The van der Waals surface area contributed by atoms with E-state index < -0.39 is 9.05 Å². The molecule has 0 heterocycles. The summed E-state index contributed by atoms with van der Waals surface area (Å²) in [6.07, 6.45) is 0. The number of hydrogen-bond acceptors (Lipinski definition) is 2. The Morgan fingerprint density at radius 3 is 2.16 bits per heavy atom. The summed E-state index contributed by atoms with van der Waals surface area (Å²) in [6, 6.07) is 11.4. The number of hydrogen-bond donors (Lipinski definition) is 0. The van der Waals surface area contributed by atoms with Gasteiger partial charge in [0.05, 0.1) is 4.90 Å². The van der Waals surface area contributed by atoms with Gasteiger partial charge in [0, 0.05) is 10.7 Å². The van der Waals surface area contributed by atoms with Crippen LogP contribution in [0.2, 0.25) is 0 Å². The maximum atomic E-state index is 11.6. The Kier molecular flexibility index (Phi) is 3.70. The second-order valence-corrected chi connectivity index (χ2v) is 7.27. The monoisotopic (exact) mass is 294 g/mol. The van der Waals surface area contributed by atoms with Crippen LogP contribution in [-0.4, -0.2) is 8.42 Å². The second kappa shape index (κ2) is 4.99. The molecule has 4 heteroatoms. The molecule has 0 aliphatic rings. The molecule has 0 spiro atoms. The second-order valence-electron chi connectivity index (χ2n) is 4.74. The molecule has 0 aliphatic heterocycles. The number of rotatable bonds is 2. The molecule has 2 aromatic rings. The van der Waals surface area contributed by atoms with Crippen molar-refractivity contribution in [1.82, 2.24) is 0 Å². The van der Waals surface area contributed by atoms with Crippen LogP contribution in [0.25, 0.3) is 11.1 Å². The van der Waals surface area contributed by atoms with Gasteiger partial charge in [-0.2, -0.15) is 0 Å². The molecule has 0 fully saturated rings. The predicted molar refractivity (Wildman–Crippen MR) is 79.1 cm³/mol. The van der Waals surface area contributed by atoms with E-state index in [1.54, 1.807) is 19.1 Å². The van der Waals surface area contributed by atoms with E-state index in [2.05, 4.69) is 0 Å². The molecule has 0 bridgehead atoms. The van der Waals surface area contributed by atoms with E-state index in [-0.39, 0.29) is 4.90 Å². The van der Waals surface area contributed by atoms with Crippen molar-refractivity contribution in [2.75, 3.05) is 0 Å². The molecule has 19 heavy (non-hydrogen) atoms. The highest BCUT2D eigenvalue weighted by Gasteiger charge is 2.15. The van der Waals surface area contributed by atoms with Crippen LogP contribution >= 0.6 is 10.7 Å². The summed E-state index contributed by atoms with van der Waals surface area (Å²) in [6.45, 7) is 5.75.